The lowest BCUT2D eigenvalue weighted by Crippen LogP contribution is -2.12. The number of nitrogens with zero attached hydrogens (tertiary/aromatic N) is 2. The zero-order chi connectivity index (χ0) is 9.26. The van der Waals surface area contributed by atoms with Crippen LogP contribution in [0.1, 0.15) is 24.4 Å². The first-order valence-corrected chi connectivity index (χ1v) is 5.02. The fourth-order valence-corrected chi connectivity index (χ4v) is 1.65. The Morgan fingerprint density at radius 3 is 2.67 bits per heavy atom. The number of halogens is 2. The first-order chi connectivity index (χ1) is 6.31. The summed E-state index contributed by atoms with van der Waals surface area (Å²) in [6.07, 6.45) is 5.63. The summed E-state index contributed by atoms with van der Waals surface area (Å²) in [7, 11) is 0. The van der Waals surface area contributed by atoms with E-state index in [4.69, 9.17) is 5.73 Å². The fraction of sp³-hybridized carbons (Fsp3) is 0.700. The lowest BCUT2D eigenvalue weighted by molar-refractivity contribution is 0.583. The van der Waals surface area contributed by atoms with Gasteiger partial charge >= 0.3 is 0 Å². The van der Waals surface area contributed by atoms with Crippen molar-refractivity contribution in [1.29, 1.82) is 0 Å². The van der Waals surface area contributed by atoms with Crippen LogP contribution in [0.4, 0.5) is 0 Å². The molecule has 2 N–H and O–H groups in total. The van der Waals surface area contributed by atoms with Crippen molar-refractivity contribution in [2.24, 2.45) is 11.7 Å². The van der Waals surface area contributed by atoms with Gasteiger partial charge in [-0.25, -0.2) is 4.98 Å². The smallest absolute Gasteiger partial charge is 0.110 e. The predicted molar refractivity (Wildman–Crippen MR) is 66.9 cm³/mol. The summed E-state index contributed by atoms with van der Waals surface area (Å²) >= 11 is 0. The minimum atomic E-state index is 0. The number of aromatic nitrogens is 2. The van der Waals surface area contributed by atoms with E-state index in [0.717, 1.165) is 24.7 Å². The van der Waals surface area contributed by atoms with Gasteiger partial charge in [-0.3, -0.25) is 0 Å². The Balaban J connectivity index is 0.000000980. The van der Waals surface area contributed by atoms with Gasteiger partial charge in [0.1, 0.15) is 5.82 Å². The first-order valence-electron chi connectivity index (χ1n) is 5.02. The van der Waals surface area contributed by atoms with Crippen LogP contribution in [0.5, 0.6) is 0 Å². The number of rotatable bonds is 4. The summed E-state index contributed by atoms with van der Waals surface area (Å²) in [5.74, 6) is 2.07. The highest BCUT2D eigenvalue weighted by Crippen LogP contribution is 2.31. The van der Waals surface area contributed by atoms with Crippen LogP contribution in [0.2, 0.25) is 0 Å². The van der Waals surface area contributed by atoms with Crippen LogP contribution < -0.4 is 5.73 Å². The Kier molecular flexibility index (Phi) is 6.25. The van der Waals surface area contributed by atoms with Gasteiger partial charge < -0.3 is 10.3 Å². The molecule has 0 aromatic carbocycles. The molecule has 0 atom stereocenters. The van der Waals surface area contributed by atoms with Gasteiger partial charge in [0, 0.05) is 24.9 Å². The third-order valence-electron chi connectivity index (χ3n) is 2.64. The van der Waals surface area contributed by atoms with E-state index in [-0.39, 0.29) is 24.8 Å². The van der Waals surface area contributed by atoms with E-state index in [1.165, 1.54) is 18.5 Å². The molecule has 0 bridgehead atoms. The average Bonchev–Trinajstić information content (AvgIpc) is 2.86. The number of imidazole rings is 1. The summed E-state index contributed by atoms with van der Waals surface area (Å²) in [5, 5.41) is 0. The summed E-state index contributed by atoms with van der Waals surface area (Å²) in [6, 6.07) is 0. The minimum Gasteiger partial charge on any atom is -0.332 e. The standard InChI is InChI=1S/C10H17N3.2ClH/c1-8-6-12-10(4-5-11)13(8)7-9-2-3-9;;/h6,9H,2-5,7,11H2,1H3;2*1H. The molecule has 0 amide bonds. The van der Waals surface area contributed by atoms with Gasteiger partial charge in [-0.2, -0.15) is 0 Å². The maximum Gasteiger partial charge on any atom is 0.110 e. The molecule has 0 saturated heterocycles. The third kappa shape index (κ3) is 3.67. The van der Waals surface area contributed by atoms with Crippen molar-refractivity contribution in [2.75, 3.05) is 6.54 Å². The second-order valence-electron chi connectivity index (χ2n) is 3.91. The lowest BCUT2D eigenvalue weighted by atomic mass is 10.3. The topological polar surface area (TPSA) is 43.8 Å². The summed E-state index contributed by atoms with van der Waals surface area (Å²) in [4.78, 5) is 4.37. The normalized spacial score (nSPS) is 14.3. The Bertz CT molecular complexity index is 295. The zero-order valence-electron chi connectivity index (χ0n) is 8.98. The van der Waals surface area contributed by atoms with Crippen molar-refractivity contribution in [3.05, 3.63) is 17.7 Å². The first kappa shape index (κ1) is 14.8. The van der Waals surface area contributed by atoms with Crippen molar-refractivity contribution < 1.29 is 0 Å². The van der Waals surface area contributed by atoms with E-state index < -0.39 is 0 Å². The number of aryl methyl sites for hydroxylation is 1. The van der Waals surface area contributed by atoms with Gasteiger partial charge in [0.05, 0.1) is 0 Å². The second-order valence-corrected chi connectivity index (χ2v) is 3.91. The Labute approximate surface area is 103 Å². The Hall–Kier alpha value is -0.250. The van der Waals surface area contributed by atoms with Gasteiger partial charge in [0.25, 0.3) is 0 Å². The molecule has 0 unspecified atom stereocenters. The molecule has 1 fully saturated rings. The van der Waals surface area contributed by atoms with Gasteiger partial charge in [-0.1, -0.05) is 0 Å². The van der Waals surface area contributed by atoms with E-state index in [1.807, 2.05) is 6.20 Å². The molecule has 1 aromatic rings. The molecule has 1 aromatic heterocycles. The van der Waals surface area contributed by atoms with Crippen LogP contribution in [-0.4, -0.2) is 16.1 Å². The van der Waals surface area contributed by atoms with E-state index in [0.29, 0.717) is 6.54 Å². The number of hydrogen-bond acceptors (Lipinski definition) is 2. The molecular formula is C10H19Cl2N3. The van der Waals surface area contributed by atoms with Gasteiger partial charge in [-0.15, -0.1) is 24.8 Å². The van der Waals surface area contributed by atoms with Crippen molar-refractivity contribution in [3.63, 3.8) is 0 Å². The van der Waals surface area contributed by atoms with Crippen LogP contribution in [0.3, 0.4) is 0 Å². The third-order valence-corrected chi connectivity index (χ3v) is 2.64. The van der Waals surface area contributed by atoms with Crippen molar-refractivity contribution in [1.82, 2.24) is 9.55 Å². The average molecular weight is 252 g/mol. The molecule has 15 heavy (non-hydrogen) atoms. The van der Waals surface area contributed by atoms with E-state index >= 15 is 0 Å². The van der Waals surface area contributed by atoms with Gasteiger partial charge in [-0.05, 0) is 32.2 Å². The van der Waals surface area contributed by atoms with Crippen molar-refractivity contribution in [3.8, 4) is 0 Å². The van der Waals surface area contributed by atoms with E-state index in [2.05, 4.69) is 16.5 Å². The maximum absolute atomic E-state index is 5.53. The highest BCUT2D eigenvalue weighted by molar-refractivity contribution is 5.85. The predicted octanol–water partition coefficient (Wildman–Crippen LogP) is 1.95. The molecule has 88 valence electrons. The largest absolute Gasteiger partial charge is 0.332 e. The summed E-state index contributed by atoms with van der Waals surface area (Å²) < 4.78 is 2.32. The fourth-order valence-electron chi connectivity index (χ4n) is 1.65. The Morgan fingerprint density at radius 2 is 2.13 bits per heavy atom. The van der Waals surface area contributed by atoms with Gasteiger partial charge in [0.15, 0.2) is 0 Å². The van der Waals surface area contributed by atoms with E-state index in [9.17, 15) is 0 Å². The second kappa shape index (κ2) is 6.36. The van der Waals surface area contributed by atoms with Crippen LogP contribution in [-0.2, 0) is 13.0 Å². The summed E-state index contributed by atoms with van der Waals surface area (Å²) in [5.41, 5.74) is 6.81. The SMILES string of the molecule is Cc1cnc(CCN)n1CC1CC1.Cl.Cl. The molecule has 3 nitrogen and oxygen atoms in total. The molecule has 2 rings (SSSR count). The van der Waals surface area contributed by atoms with Gasteiger partial charge in [0.2, 0.25) is 0 Å². The zero-order valence-corrected chi connectivity index (χ0v) is 10.6. The molecule has 0 spiro atoms. The minimum absolute atomic E-state index is 0. The molecule has 1 saturated carbocycles. The molecule has 1 aliphatic carbocycles. The number of nitrogens with two attached hydrogens (primary N) is 1. The van der Waals surface area contributed by atoms with Crippen LogP contribution in [0.15, 0.2) is 6.20 Å². The molecule has 0 radical (unpaired) electrons. The lowest BCUT2D eigenvalue weighted by Gasteiger charge is -2.07. The summed E-state index contributed by atoms with van der Waals surface area (Å²) in [6.45, 7) is 3.97. The number of hydrogen-bond donors (Lipinski definition) is 1. The highest BCUT2D eigenvalue weighted by Gasteiger charge is 2.23. The highest BCUT2D eigenvalue weighted by atomic mass is 35.5. The maximum atomic E-state index is 5.53. The Morgan fingerprint density at radius 1 is 1.47 bits per heavy atom. The molecule has 5 heteroatoms. The quantitative estimate of drug-likeness (QED) is 0.890. The molecule has 1 heterocycles. The van der Waals surface area contributed by atoms with Crippen molar-refractivity contribution >= 4 is 24.8 Å². The van der Waals surface area contributed by atoms with Crippen LogP contribution >= 0.6 is 24.8 Å². The molecular weight excluding hydrogens is 233 g/mol. The molecule has 0 aliphatic heterocycles. The van der Waals surface area contributed by atoms with Crippen molar-refractivity contribution in [2.45, 2.75) is 32.7 Å². The van der Waals surface area contributed by atoms with Crippen LogP contribution in [0, 0.1) is 12.8 Å². The molecule has 1 aliphatic rings. The van der Waals surface area contributed by atoms with E-state index in [1.54, 1.807) is 0 Å². The van der Waals surface area contributed by atoms with Crippen LogP contribution in [0.25, 0.3) is 0 Å². The monoisotopic (exact) mass is 251 g/mol.